The summed E-state index contributed by atoms with van der Waals surface area (Å²) in [4.78, 5) is 2.40. The van der Waals surface area contributed by atoms with Gasteiger partial charge in [0.25, 0.3) is 0 Å². The van der Waals surface area contributed by atoms with E-state index in [2.05, 4.69) is 35.3 Å². The minimum absolute atomic E-state index is 0.653. The first-order valence-electron chi connectivity index (χ1n) is 6.49. The van der Waals surface area contributed by atoms with Gasteiger partial charge in [0.15, 0.2) is 0 Å². The number of nitrogens with zero attached hydrogens (tertiary/aromatic N) is 1. The summed E-state index contributed by atoms with van der Waals surface area (Å²) in [6.45, 7) is 4.30. The van der Waals surface area contributed by atoms with Gasteiger partial charge in [-0.3, -0.25) is 0 Å². The highest BCUT2D eigenvalue weighted by atomic mass is 35.5. The van der Waals surface area contributed by atoms with Crippen LogP contribution in [-0.4, -0.2) is 25.2 Å². The Balaban J connectivity index is 1.68. The quantitative estimate of drug-likeness (QED) is 0.887. The number of halogens is 1. The minimum atomic E-state index is 0.653. The number of aryl methyl sites for hydroxylation is 1. The number of benzene rings is 1. The topological polar surface area (TPSA) is 15.3 Å². The van der Waals surface area contributed by atoms with Crippen molar-refractivity contribution < 1.29 is 0 Å². The second kappa shape index (κ2) is 4.51. The SMILES string of the molecule is Cc1ccc(N2CCC(NC3CC3)C2)c(Cl)c1. The van der Waals surface area contributed by atoms with Gasteiger partial charge in [-0.05, 0) is 43.9 Å². The van der Waals surface area contributed by atoms with Gasteiger partial charge in [0, 0.05) is 25.2 Å². The molecule has 1 unspecified atom stereocenters. The Morgan fingerprint density at radius 1 is 1.24 bits per heavy atom. The zero-order valence-corrected chi connectivity index (χ0v) is 11.0. The third-order valence-electron chi connectivity index (χ3n) is 3.68. The first-order valence-corrected chi connectivity index (χ1v) is 6.87. The Kier molecular flexibility index (Phi) is 3.01. The highest BCUT2D eigenvalue weighted by Crippen LogP contribution is 2.30. The summed E-state index contributed by atoms with van der Waals surface area (Å²) < 4.78 is 0. The molecule has 0 amide bonds. The summed E-state index contributed by atoms with van der Waals surface area (Å²) in [5.41, 5.74) is 2.42. The Morgan fingerprint density at radius 3 is 2.76 bits per heavy atom. The van der Waals surface area contributed by atoms with E-state index in [0.29, 0.717) is 6.04 Å². The molecule has 1 aromatic carbocycles. The van der Waals surface area contributed by atoms with Crippen molar-refractivity contribution in [1.29, 1.82) is 0 Å². The molecule has 2 nitrogen and oxygen atoms in total. The van der Waals surface area contributed by atoms with E-state index < -0.39 is 0 Å². The fourth-order valence-corrected chi connectivity index (χ4v) is 2.92. The van der Waals surface area contributed by atoms with Gasteiger partial charge in [-0.2, -0.15) is 0 Å². The minimum Gasteiger partial charge on any atom is -0.369 e. The van der Waals surface area contributed by atoms with E-state index in [1.54, 1.807) is 0 Å². The van der Waals surface area contributed by atoms with Crippen molar-refractivity contribution in [2.75, 3.05) is 18.0 Å². The Morgan fingerprint density at radius 2 is 2.06 bits per heavy atom. The van der Waals surface area contributed by atoms with Gasteiger partial charge >= 0.3 is 0 Å². The lowest BCUT2D eigenvalue weighted by Crippen LogP contribution is -2.33. The van der Waals surface area contributed by atoms with Crippen molar-refractivity contribution in [3.63, 3.8) is 0 Å². The van der Waals surface area contributed by atoms with Crippen molar-refractivity contribution in [2.45, 2.75) is 38.3 Å². The van der Waals surface area contributed by atoms with Gasteiger partial charge in [0.05, 0.1) is 10.7 Å². The molecule has 1 saturated carbocycles. The monoisotopic (exact) mass is 250 g/mol. The van der Waals surface area contributed by atoms with Crippen LogP contribution in [0.15, 0.2) is 18.2 Å². The molecule has 1 atom stereocenters. The number of hydrogen-bond acceptors (Lipinski definition) is 2. The molecule has 0 spiro atoms. The molecule has 1 saturated heterocycles. The lowest BCUT2D eigenvalue weighted by molar-refractivity contribution is 0.548. The fraction of sp³-hybridized carbons (Fsp3) is 0.571. The van der Waals surface area contributed by atoms with Crippen LogP contribution in [0.25, 0.3) is 0 Å². The molecular weight excluding hydrogens is 232 g/mol. The lowest BCUT2D eigenvalue weighted by Gasteiger charge is -2.20. The number of rotatable bonds is 3. The van der Waals surface area contributed by atoms with E-state index in [1.807, 2.05) is 0 Å². The van der Waals surface area contributed by atoms with Gasteiger partial charge in [0.2, 0.25) is 0 Å². The van der Waals surface area contributed by atoms with Gasteiger partial charge in [-0.1, -0.05) is 17.7 Å². The molecule has 1 aromatic rings. The first kappa shape index (κ1) is 11.4. The number of anilines is 1. The van der Waals surface area contributed by atoms with Crippen molar-refractivity contribution in [3.8, 4) is 0 Å². The predicted molar refractivity (Wildman–Crippen MR) is 73.0 cm³/mol. The third-order valence-corrected chi connectivity index (χ3v) is 3.98. The molecular formula is C14H19ClN2. The molecule has 92 valence electrons. The standard InChI is InChI=1S/C14H19ClN2/c1-10-2-5-14(13(15)8-10)17-7-6-12(9-17)16-11-3-4-11/h2,5,8,11-12,16H,3-4,6-7,9H2,1H3. The molecule has 3 rings (SSSR count). The highest BCUT2D eigenvalue weighted by molar-refractivity contribution is 6.33. The van der Waals surface area contributed by atoms with Gasteiger partial charge < -0.3 is 10.2 Å². The molecule has 1 heterocycles. The molecule has 2 fully saturated rings. The van der Waals surface area contributed by atoms with Crippen LogP contribution in [0.3, 0.4) is 0 Å². The lowest BCUT2D eigenvalue weighted by atomic mass is 10.2. The summed E-state index contributed by atoms with van der Waals surface area (Å²) in [6, 6.07) is 7.80. The Labute approximate surface area is 108 Å². The van der Waals surface area contributed by atoms with E-state index in [0.717, 1.165) is 24.2 Å². The van der Waals surface area contributed by atoms with Crippen LogP contribution >= 0.6 is 11.6 Å². The molecule has 0 aromatic heterocycles. The second-order valence-corrected chi connectivity index (χ2v) is 5.73. The van der Waals surface area contributed by atoms with Crippen molar-refractivity contribution >= 4 is 17.3 Å². The molecule has 2 aliphatic rings. The van der Waals surface area contributed by atoms with Crippen LogP contribution in [0, 0.1) is 6.92 Å². The van der Waals surface area contributed by atoms with Crippen LogP contribution in [0.2, 0.25) is 5.02 Å². The van der Waals surface area contributed by atoms with Crippen LogP contribution in [0.1, 0.15) is 24.8 Å². The highest BCUT2D eigenvalue weighted by Gasteiger charge is 2.29. The average Bonchev–Trinajstić information content (AvgIpc) is 2.96. The Hall–Kier alpha value is -0.730. The second-order valence-electron chi connectivity index (χ2n) is 5.33. The van der Waals surface area contributed by atoms with E-state index in [1.165, 1.54) is 30.5 Å². The van der Waals surface area contributed by atoms with Crippen LogP contribution in [0.5, 0.6) is 0 Å². The molecule has 3 heteroatoms. The van der Waals surface area contributed by atoms with Gasteiger partial charge in [-0.25, -0.2) is 0 Å². The van der Waals surface area contributed by atoms with E-state index in [-0.39, 0.29) is 0 Å². The summed E-state index contributed by atoms with van der Waals surface area (Å²) >= 11 is 6.31. The zero-order valence-electron chi connectivity index (χ0n) is 10.2. The molecule has 1 aliphatic carbocycles. The molecule has 1 N–H and O–H groups in total. The normalized spacial score (nSPS) is 24.4. The van der Waals surface area contributed by atoms with E-state index in [9.17, 15) is 0 Å². The zero-order chi connectivity index (χ0) is 11.8. The molecule has 0 bridgehead atoms. The van der Waals surface area contributed by atoms with Crippen LogP contribution in [-0.2, 0) is 0 Å². The molecule has 1 aliphatic heterocycles. The summed E-state index contributed by atoms with van der Waals surface area (Å²) in [5.74, 6) is 0. The summed E-state index contributed by atoms with van der Waals surface area (Å²) in [6.07, 6.45) is 3.96. The van der Waals surface area contributed by atoms with Gasteiger partial charge in [-0.15, -0.1) is 0 Å². The maximum Gasteiger partial charge on any atom is 0.0642 e. The predicted octanol–water partition coefficient (Wildman–Crippen LogP) is 2.98. The van der Waals surface area contributed by atoms with E-state index >= 15 is 0 Å². The maximum absolute atomic E-state index is 6.31. The Bertz CT molecular complexity index is 415. The summed E-state index contributed by atoms with van der Waals surface area (Å²) in [7, 11) is 0. The molecule has 0 radical (unpaired) electrons. The number of nitrogens with one attached hydrogen (secondary N) is 1. The van der Waals surface area contributed by atoms with Crippen molar-refractivity contribution in [3.05, 3.63) is 28.8 Å². The van der Waals surface area contributed by atoms with Crippen LogP contribution in [0.4, 0.5) is 5.69 Å². The van der Waals surface area contributed by atoms with Crippen molar-refractivity contribution in [2.24, 2.45) is 0 Å². The number of hydrogen-bond donors (Lipinski definition) is 1. The average molecular weight is 251 g/mol. The fourth-order valence-electron chi connectivity index (χ4n) is 2.57. The molecule has 17 heavy (non-hydrogen) atoms. The first-order chi connectivity index (χ1) is 8.22. The van der Waals surface area contributed by atoms with Crippen LogP contribution < -0.4 is 10.2 Å². The largest absolute Gasteiger partial charge is 0.369 e. The summed E-state index contributed by atoms with van der Waals surface area (Å²) in [5, 5.41) is 4.58. The van der Waals surface area contributed by atoms with Gasteiger partial charge in [0.1, 0.15) is 0 Å². The van der Waals surface area contributed by atoms with Crippen molar-refractivity contribution in [1.82, 2.24) is 5.32 Å². The smallest absolute Gasteiger partial charge is 0.0642 e. The van der Waals surface area contributed by atoms with E-state index in [4.69, 9.17) is 11.6 Å². The third kappa shape index (κ3) is 2.58. The maximum atomic E-state index is 6.31.